The molecule has 2 aromatic rings. The first kappa shape index (κ1) is 16.2. The first-order valence-corrected chi connectivity index (χ1v) is 8.38. The van der Waals surface area contributed by atoms with Crippen molar-refractivity contribution in [2.24, 2.45) is 0 Å². The third-order valence-corrected chi connectivity index (χ3v) is 5.00. The van der Waals surface area contributed by atoms with E-state index < -0.39 is 11.4 Å². The Bertz CT molecular complexity index is 829. The number of nitrogens with zero attached hydrogens (tertiary/aromatic N) is 2. The molecule has 2 atom stereocenters. The van der Waals surface area contributed by atoms with Gasteiger partial charge in [0.15, 0.2) is 5.69 Å². The van der Waals surface area contributed by atoms with E-state index in [9.17, 15) is 14.3 Å². The number of aromatic nitrogens is 2. The second kappa shape index (κ2) is 5.64. The van der Waals surface area contributed by atoms with E-state index in [0.29, 0.717) is 12.1 Å². The number of fused-ring (bicyclic) bond motifs is 1. The van der Waals surface area contributed by atoms with Crippen molar-refractivity contribution in [3.05, 3.63) is 52.6 Å². The minimum Gasteiger partial charge on any atom is -0.381 e. The molecule has 0 aliphatic carbocycles. The standard InChI is InChI=1S/C18H20FN3O3/c1-10-7-12-15(11(2)25-10)20-21-16(12)17(23)22-8-18(24,9-22)13-5-3-4-6-14(13)19/h3-6,10-11,24H,7-9H2,1-2H3,(H,20,21)/t10-,11+/m1/s1. The normalized spacial score (nSPS) is 24.6. The zero-order valence-corrected chi connectivity index (χ0v) is 14.1. The van der Waals surface area contributed by atoms with E-state index in [1.54, 1.807) is 18.2 Å². The minimum absolute atomic E-state index is 0.0124. The smallest absolute Gasteiger partial charge is 0.274 e. The van der Waals surface area contributed by atoms with Crippen molar-refractivity contribution in [2.75, 3.05) is 13.1 Å². The van der Waals surface area contributed by atoms with Crippen LogP contribution >= 0.6 is 0 Å². The molecular weight excluding hydrogens is 325 g/mol. The molecule has 132 valence electrons. The summed E-state index contributed by atoms with van der Waals surface area (Å²) in [5.41, 5.74) is 0.941. The highest BCUT2D eigenvalue weighted by molar-refractivity contribution is 5.95. The molecule has 0 saturated carbocycles. The average molecular weight is 345 g/mol. The van der Waals surface area contributed by atoms with Crippen molar-refractivity contribution >= 4 is 5.91 Å². The van der Waals surface area contributed by atoms with Crippen LogP contribution in [0.3, 0.4) is 0 Å². The molecule has 1 aromatic carbocycles. The summed E-state index contributed by atoms with van der Waals surface area (Å²) in [6.07, 6.45) is 0.487. The van der Waals surface area contributed by atoms with Crippen LogP contribution in [0.4, 0.5) is 4.39 Å². The van der Waals surface area contributed by atoms with Gasteiger partial charge in [-0.3, -0.25) is 9.89 Å². The SMILES string of the molecule is C[C@@H]1Cc2c(C(=O)N3CC(O)(c4ccccc4F)C3)n[nH]c2[C@H](C)O1. The Morgan fingerprint density at radius 1 is 1.40 bits per heavy atom. The lowest BCUT2D eigenvalue weighted by Gasteiger charge is -2.46. The van der Waals surface area contributed by atoms with Gasteiger partial charge in [0.05, 0.1) is 31.0 Å². The number of benzene rings is 1. The van der Waals surface area contributed by atoms with Gasteiger partial charge in [0.25, 0.3) is 5.91 Å². The van der Waals surface area contributed by atoms with Gasteiger partial charge in [-0.25, -0.2) is 4.39 Å². The maximum atomic E-state index is 13.9. The minimum atomic E-state index is -1.35. The van der Waals surface area contributed by atoms with E-state index in [1.165, 1.54) is 11.0 Å². The number of nitrogens with one attached hydrogen (secondary N) is 1. The Morgan fingerprint density at radius 3 is 2.84 bits per heavy atom. The van der Waals surface area contributed by atoms with Crippen molar-refractivity contribution in [3.8, 4) is 0 Å². The van der Waals surface area contributed by atoms with Crippen LogP contribution in [0, 0.1) is 5.82 Å². The number of amides is 1. The van der Waals surface area contributed by atoms with Crippen LogP contribution in [0.5, 0.6) is 0 Å². The first-order valence-electron chi connectivity index (χ1n) is 8.38. The number of carbonyl (C=O) groups is 1. The van der Waals surface area contributed by atoms with Crippen LogP contribution in [-0.2, 0) is 16.8 Å². The fourth-order valence-electron chi connectivity index (χ4n) is 3.74. The molecule has 25 heavy (non-hydrogen) atoms. The highest BCUT2D eigenvalue weighted by Crippen LogP contribution is 2.36. The van der Waals surface area contributed by atoms with E-state index in [4.69, 9.17) is 4.74 Å². The van der Waals surface area contributed by atoms with Crippen LogP contribution in [0.1, 0.15) is 47.3 Å². The average Bonchev–Trinajstić information content (AvgIpc) is 2.95. The molecule has 0 unspecified atom stereocenters. The number of likely N-dealkylation sites (tertiary alicyclic amines) is 1. The van der Waals surface area contributed by atoms with Crippen LogP contribution < -0.4 is 0 Å². The van der Waals surface area contributed by atoms with Crippen molar-refractivity contribution < 1.29 is 19.0 Å². The lowest BCUT2D eigenvalue weighted by Crippen LogP contribution is -2.61. The number of hydrogen-bond acceptors (Lipinski definition) is 4. The van der Waals surface area contributed by atoms with Crippen molar-refractivity contribution in [2.45, 2.75) is 38.1 Å². The van der Waals surface area contributed by atoms with E-state index in [0.717, 1.165) is 11.3 Å². The lowest BCUT2D eigenvalue weighted by molar-refractivity contribution is -0.0886. The lowest BCUT2D eigenvalue weighted by atomic mass is 9.85. The Kier molecular flexibility index (Phi) is 3.66. The second-order valence-corrected chi connectivity index (χ2v) is 6.93. The number of hydrogen-bond donors (Lipinski definition) is 2. The fraction of sp³-hybridized carbons (Fsp3) is 0.444. The maximum absolute atomic E-state index is 13.9. The molecule has 1 amide bonds. The third-order valence-electron chi connectivity index (χ3n) is 5.00. The Balaban J connectivity index is 1.54. The Labute approximate surface area is 144 Å². The number of β-amino-alcohol motifs (C(OH)–C–C–N with tert-alkyl or cyclic N) is 1. The number of ether oxygens (including phenoxy) is 1. The molecule has 1 fully saturated rings. The number of halogens is 1. The fourth-order valence-corrected chi connectivity index (χ4v) is 3.74. The van der Waals surface area contributed by atoms with E-state index in [2.05, 4.69) is 10.2 Å². The van der Waals surface area contributed by atoms with Gasteiger partial charge in [-0.1, -0.05) is 18.2 Å². The van der Waals surface area contributed by atoms with Crippen LogP contribution in [0.2, 0.25) is 0 Å². The summed E-state index contributed by atoms with van der Waals surface area (Å²) in [6, 6.07) is 6.11. The van der Waals surface area contributed by atoms with Gasteiger partial charge < -0.3 is 14.7 Å². The molecule has 1 saturated heterocycles. The molecule has 0 bridgehead atoms. The Hall–Kier alpha value is -2.25. The number of H-pyrrole nitrogens is 1. The summed E-state index contributed by atoms with van der Waals surface area (Å²) in [4.78, 5) is 14.3. The molecular formula is C18H20FN3O3. The molecule has 3 heterocycles. The molecule has 0 radical (unpaired) electrons. The quantitative estimate of drug-likeness (QED) is 0.872. The molecule has 4 rings (SSSR count). The van der Waals surface area contributed by atoms with Gasteiger partial charge in [0.1, 0.15) is 11.4 Å². The summed E-state index contributed by atoms with van der Waals surface area (Å²) in [7, 11) is 0. The molecule has 2 aliphatic rings. The number of aromatic amines is 1. The van der Waals surface area contributed by atoms with E-state index in [1.807, 2.05) is 13.8 Å². The molecule has 6 nitrogen and oxygen atoms in total. The molecule has 2 aliphatic heterocycles. The topological polar surface area (TPSA) is 78.5 Å². The van der Waals surface area contributed by atoms with Crippen LogP contribution in [0.15, 0.2) is 24.3 Å². The monoisotopic (exact) mass is 345 g/mol. The molecule has 7 heteroatoms. The van der Waals surface area contributed by atoms with Crippen molar-refractivity contribution in [1.29, 1.82) is 0 Å². The van der Waals surface area contributed by atoms with Gasteiger partial charge in [0, 0.05) is 17.5 Å². The zero-order valence-electron chi connectivity index (χ0n) is 14.1. The number of aliphatic hydroxyl groups is 1. The van der Waals surface area contributed by atoms with Gasteiger partial charge in [-0.05, 0) is 19.9 Å². The maximum Gasteiger partial charge on any atom is 0.274 e. The van der Waals surface area contributed by atoms with Gasteiger partial charge in [-0.2, -0.15) is 5.10 Å². The van der Waals surface area contributed by atoms with Gasteiger partial charge >= 0.3 is 0 Å². The van der Waals surface area contributed by atoms with Crippen LogP contribution in [-0.4, -0.2) is 45.3 Å². The summed E-state index contributed by atoms with van der Waals surface area (Å²) >= 11 is 0. The highest BCUT2D eigenvalue weighted by atomic mass is 19.1. The van der Waals surface area contributed by atoms with Gasteiger partial charge in [-0.15, -0.1) is 0 Å². The molecule has 1 aromatic heterocycles. The summed E-state index contributed by atoms with van der Waals surface area (Å²) in [5, 5.41) is 17.7. The van der Waals surface area contributed by atoms with Crippen LogP contribution in [0.25, 0.3) is 0 Å². The molecule has 2 N–H and O–H groups in total. The van der Waals surface area contributed by atoms with Crippen molar-refractivity contribution in [1.82, 2.24) is 15.1 Å². The van der Waals surface area contributed by atoms with Gasteiger partial charge in [0.2, 0.25) is 0 Å². The predicted octanol–water partition coefficient (Wildman–Crippen LogP) is 1.91. The second-order valence-electron chi connectivity index (χ2n) is 6.93. The summed E-state index contributed by atoms with van der Waals surface area (Å²) < 4.78 is 19.7. The van der Waals surface area contributed by atoms with E-state index >= 15 is 0 Å². The number of rotatable bonds is 2. The largest absolute Gasteiger partial charge is 0.381 e. The van der Waals surface area contributed by atoms with E-state index in [-0.39, 0.29) is 36.8 Å². The summed E-state index contributed by atoms with van der Waals surface area (Å²) in [5.74, 6) is -0.714. The Morgan fingerprint density at radius 2 is 2.12 bits per heavy atom. The predicted molar refractivity (Wildman–Crippen MR) is 87.5 cm³/mol. The highest BCUT2D eigenvalue weighted by Gasteiger charge is 2.47. The van der Waals surface area contributed by atoms with Crippen molar-refractivity contribution in [3.63, 3.8) is 0 Å². The third kappa shape index (κ3) is 2.54. The summed E-state index contributed by atoms with van der Waals surface area (Å²) in [6.45, 7) is 3.98. The first-order chi connectivity index (χ1) is 11.9. The number of carbonyl (C=O) groups excluding carboxylic acids is 1. The molecule has 0 spiro atoms. The zero-order chi connectivity index (χ0) is 17.8.